The van der Waals surface area contributed by atoms with Crippen molar-refractivity contribution in [2.45, 2.75) is 19.9 Å². The van der Waals surface area contributed by atoms with Crippen molar-refractivity contribution >= 4 is 22.9 Å². The van der Waals surface area contributed by atoms with Crippen molar-refractivity contribution < 1.29 is 9.53 Å². The SMILES string of the molecule is CCc1nc2cccnc2n1CCNC(=O)Nc1ccc(OC)cc1. The molecule has 0 atom stereocenters. The monoisotopic (exact) mass is 339 g/mol. The van der Waals surface area contributed by atoms with Crippen LogP contribution in [0, 0.1) is 0 Å². The maximum atomic E-state index is 12.0. The number of anilines is 1. The number of hydrogen-bond donors (Lipinski definition) is 2. The van der Waals surface area contributed by atoms with Crippen molar-refractivity contribution in [3.8, 4) is 5.75 Å². The van der Waals surface area contributed by atoms with Crippen molar-refractivity contribution in [3.63, 3.8) is 0 Å². The molecule has 2 heterocycles. The summed E-state index contributed by atoms with van der Waals surface area (Å²) in [4.78, 5) is 21.0. The number of pyridine rings is 1. The van der Waals surface area contributed by atoms with Crippen LogP contribution in [-0.2, 0) is 13.0 Å². The average molecular weight is 339 g/mol. The highest BCUT2D eigenvalue weighted by molar-refractivity contribution is 5.89. The Labute approximate surface area is 146 Å². The number of rotatable bonds is 6. The number of nitrogens with one attached hydrogen (secondary N) is 2. The number of aryl methyl sites for hydroxylation is 1. The van der Waals surface area contributed by atoms with Crippen LogP contribution in [0.1, 0.15) is 12.7 Å². The molecule has 130 valence electrons. The van der Waals surface area contributed by atoms with E-state index in [1.807, 2.05) is 16.7 Å². The van der Waals surface area contributed by atoms with Crippen LogP contribution >= 0.6 is 0 Å². The lowest BCUT2D eigenvalue weighted by Gasteiger charge is -2.10. The van der Waals surface area contributed by atoms with Crippen LogP contribution in [0.5, 0.6) is 5.75 Å². The Morgan fingerprint density at radius 3 is 2.76 bits per heavy atom. The maximum Gasteiger partial charge on any atom is 0.319 e. The zero-order valence-corrected chi connectivity index (χ0v) is 14.3. The average Bonchev–Trinajstić information content (AvgIpc) is 3.00. The fraction of sp³-hybridized carbons (Fsp3) is 0.278. The summed E-state index contributed by atoms with van der Waals surface area (Å²) >= 11 is 0. The molecule has 0 spiro atoms. The number of carbonyl (C=O) groups excluding carboxylic acids is 1. The minimum atomic E-state index is -0.249. The van der Waals surface area contributed by atoms with Gasteiger partial charge in [-0.25, -0.2) is 14.8 Å². The van der Waals surface area contributed by atoms with Gasteiger partial charge < -0.3 is 19.9 Å². The summed E-state index contributed by atoms with van der Waals surface area (Å²) in [6.07, 6.45) is 2.57. The first-order valence-electron chi connectivity index (χ1n) is 8.20. The van der Waals surface area contributed by atoms with Gasteiger partial charge in [-0.05, 0) is 36.4 Å². The third kappa shape index (κ3) is 3.88. The smallest absolute Gasteiger partial charge is 0.319 e. The fourth-order valence-corrected chi connectivity index (χ4v) is 2.64. The van der Waals surface area contributed by atoms with Gasteiger partial charge in [0.15, 0.2) is 5.65 Å². The molecule has 0 aliphatic rings. The predicted molar refractivity (Wildman–Crippen MR) is 96.9 cm³/mol. The number of hydrogen-bond acceptors (Lipinski definition) is 4. The second-order valence-corrected chi connectivity index (χ2v) is 5.49. The first-order chi connectivity index (χ1) is 12.2. The van der Waals surface area contributed by atoms with Crippen LogP contribution in [0.15, 0.2) is 42.6 Å². The Balaban J connectivity index is 1.58. The molecular formula is C18H21N5O2. The molecule has 1 aromatic carbocycles. The number of benzene rings is 1. The number of ether oxygens (including phenoxy) is 1. The molecule has 3 aromatic rings. The van der Waals surface area contributed by atoms with Crippen molar-refractivity contribution in [2.75, 3.05) is 19.0 Å². The van der Waals surface area contributed by atoms with E-state index in [9.17, 15) is 4.79 Å². The molecule has 7 nitrogen and oxygen atoms in total. The van der Waals surface area contributed by atoms with E-state index in [1.54, 1.807) is 37.6 Å². The summed E-state index contributed by atoms with van der Waals surface area (Å²) in [5, 5.41) is 5.65. The van der Waals surface area contributed by atoms with E-state index in [1.165, 1.54) is 0 Å². The molecule has 0 bridgehead atoms. The minimum Gasteiger partial charge on any atom is -0.497 e. The van der Waals surface area contributed by atoms with Gasteiger partial charge in [-0.1, -0.05) is 6.92 Å². The lowest BCUT2D eigenvalue weighted by molar-refractivity contribution is 0.251. The summed E-state index contributed by atoms with van der Waals surface area (Å²) in [5.41, 5.74) is 2.43. The zero-order chi connectivity index (χ0) is 17.6. The fourth-order valence-electron chi connectivity index (χ4n) is 2.64. The minimum absolute atomic E-state index is 0.249. The standard InChI is InChI=1S/C18H21N5O2/c1-3-16-22-15-5-4-10-19-17(15)23(16)12-11-20-18(24)21-13-6-8-14(25-2)9-7-13/h4-10H,3,11-12H2,1-2H3,(H2,20,21,24). The van der Waals surface area contributed by atoms with Crippen molar-refractivity contribution in [2.24, 2.45) is 0 Å². The number of imidazole rings is 1. The van der Waals surface area contributed by atoms with Gasteiger partial charge in [0.25, 0.3) is 0 Å². The third-order valence-corrected chi connectivity index (χ3v) is 3.87. The molecule has 7 heteroatoms. The van der Waals surface area contributed by atoms with E-state index in [2.05, 4.69) is 27.5 Å². The van der Waals surface area contributed by atoms with Crippen LogP contribution in [0.25, 0.3) is 11.2 Å². The second-order valence-electron chi connectivity index (χ2n) is 5.49. The first-order valence-corrected chi connectivity index (χ1v) is 8.20. The molecule has 2 aromatic heterocycles. The second kappa shape index (κ2) is 7.65. The largest absolute Gasteiger partial charge is 0.497 e. The normalized spacial score (nSPS) is 10.6. The van der Waals surface area contributed by atoms with E-state index >= 15 is 0 Å². The molecule has 25 heavy (non-hydrogen) atoms. The van der Waals surface area contributed by atoms with Gasteiger partial charge in [-0.15, -0.1) is 0 Å². The van der Waals surface area contributed by atoms with Gasteiger partial charge in [0.05, 0.1) is 7.11 Å². The predicted octanol–water partition coefficient (Wildman–Crippen LogP) is 2.82. The number of urea groups is 1. The lowest BCUT2D eigenvalue weighted by Crippen LogP contribution is -2.31. The Morgan fingerprint density at radius 2 is 2.04 bits per heavy atom. The number of methoxy groups -OCH3 is 1. The van der Waals surface area contributed by atoms with Crippen LogP contribution in [0.3, 0.4) is 0 Å². The van der Waals surface area contributed by atoms with Crippen LogP contribution in [0.2, 0.25) is 0 Å². The Morgan fingerprint density at radius 1 is 1.24 bits per heavy atom. The van der Waals surface area contributed by atoms with E-state index in [0.717, 1.165) is 29.2 Å². The Kier molecular flexibility index (Phi) is 5.13. The van der Waals surface area contributed by atoms with Gasteiger partial charge >= 0.3 is 6.03 Å². The highest BCUT2D eigenvalue weighted by atomic mass is 16.5. The number of fused-ring (bicyclic) bond motifs is 1. The number of amides is 2. The van der Waals surface area contributed by atoms with Gasteiger partial charge in [0.2, 0.25) is 0 Å². The first kappa shape index (κ1) is 16.8. The molecule has 0 saturated heterocycles. The van der Waals surface area contributed by atoms with Gasteiger partial charge in [0, 0.05) is 31.4 Å². The quantitative estimate of drug-likeness (QED) is 0.723. The molecule has 0 aliphatic heterocycles. The molecule has 0 unspecified atom stereocenters. The molecule has 0 radical (unpaired) electrons. The lowest BCUT2D eigenvalue weighted by atomic mass is 10.3. The molecule has 2 N–H and O–H groups in total. The number of nitrogens with zero attached hydrogens (tertiary/aromatic N) is 3. The number of aromatic nitrogens is 3. The highest BCUT2D eigenvalue weighted by Gasteiger charge is 2.10. The van der Waals surface area contributed by atoms with Crippen molar-refractivity contribution in [1.82, 2.24) is 19.9 Å². The topological polar surface area (TPSA) is 81.1 Å². The maximum absolute atomic E-state index is 12.0. The van der Waals surface area contributed by atoms with Gasteiger partial charge in [-0.3, -0.25) is 0 Å². The van der Waals surface area contributed by atoms with E-state index in [4.69, 9.17) is 4.74 Å². The molecular weight excluding hydrogens is 318 g/mol. The summed E-state index contributed by atoms with van der Waals surface area (Å²) in [7, 11) is 1.61. The van der Waals surface area contributed by atoms with Crippen molar-refractivity contribution in [3.05, 3.63) is 48.4 Å². The van der Waals surface area contributed by atoms with Crippen molar-refractivity contribution in [1.29, 1.82) is 0 Å². The Bertz CT molecular complexity index is 858. The molecule has 0 saturated carbocycles. The number of carbonyl (C=O) groups is 1. The van der Waals surface area contributed by atoms with E-state index < -0.39 is 0 Å². The van der Waals surface area contributed by atoms with Gasteiger partial charge in [-0.2, -0.15) is 0 Å². The Hall–Kier alpha value is -3.09. The molecule has 0 fully saturated rings. The van der Waals surface area contributed by atoms with E-state index in [0.29, 0.717) is 18.8 Å². The summed E-state index contributed by atoms with van der Waals surface area (Å²) in [6.45, 7) is 3.16. The summed E-state index contributed by atoms with van der Waals surface area (Å²) < 4.78 is 7.14. The van der Waals surface area contributed by atoms with Crippen LogP contribution in [0.4, 0.5) is 10.5 Å². The highest BCUT2D eigenvalue weighted by Crippen LogP contribution is 2.15. The summed E-state index contributed by atoms with van der Waals surface area (Å²) in [6, 6.07) is 10.8. The van der Waals surface area contributed by atoms with E-state index in [-0.39, 0.29) is 6.03 Å². The molecule has 2 amide bonds. The molecule has 0 aliphatic carbocycles. The summed E-state index contributed by atoms with van der Waals surface area (Å²) in [5.74, 6) is 1.71. The third-order valence-electron chi connectivity index (χ3n) is 3.87. The van der Waals surface area contributed by atoms with Gasteiger partial charge in [0.1, 0.15) is 17.1 Å². The van der Waals surface area contributed by atoms with Crippen LogP contribution in [-0.4, -0.2) is 34.2 Å². The molecule has 3 rings (SSSR count). The zero-order valence-electron chi connectivity index (χ0n) is 14.3. The van der Waals surface area contributed by atoms with Crippen LogP contribution < -0.4 is 15.4 Å².